The molecule has 0 bridgehead atoms. The highest BCUT2D eigenvalue weighted by Crippen LogP contribution is 2.27. The van der Waals surface area contributed by atoms with E-state index in [0.717, 1.165) is 25.3 Å². The molecular weight excluding hydrogens is 214 g/mol. The number of hydrogen-bond donors (Lipinski definition) is 1. The fourth-order valence-corrected chi connectivity index (χ4v) is 2.38. The quantitative estimate of drug-likeness (QED) is 0.872. The van der Waals surface area contributed by atoms with Crippen LogP contribution >= 0.6 is 0 Å². The normalized spacial score (nSPS) is 24.6. The molecule has 0 aliphatic carbocycles. The van der Waals surface area contributed by atoms with Crippen LogP contribution in [-0.2, 0) is 11.2 Å². The lowest BCUT2D eigenvalue weighted by atomic mass is 9.98. The molecule has 2 rings (SSSR count). The Morgan fingerprint density at radius 2 is 2.29 bits per heavy atom. The molecule has 0 radical (unpaired) electrons. The van der Waals surface area contributed by atoms with Gasteiger partial charge in [0.05, 0.1) is 25.9 Å². The van der Waals surface area contributed by atoms with Crippen LogP contribution in [0.3, 0.4) is 0 Å². The molecule has 1 aliphatic rings. The summed E-state index contributed by atoms with van der Waals surface area (Å²) in [6.45, 7) is 5.99. The van der Waals surface area contributed by atoms with Crippen LogP contribution in [0.4, 0.5) is 0 Å². The van der Waals surface area contributed by atoms with Crippen molar-refractivity contribution in [1.29, 1.82) is 0 Å². The monoisotopic (exact) mass is 235 g/mol. The van der Waals surface area contributed by atoms with E-state index < -0.39 is 0 Å². The molecule has 0 saturated carbocycles. The Morgan fingerprint density at radius 1 is 1.47 bits per heavy atom. The summed E-state index contributed by atoms with van der Waals surface area (Å²) in [5.74, 6) is 0.973. The van der Waals surface area contributed by atoms with Crippen molar-refractivity contribution in [1.82, 2.24) is 5.32 Å². The lowest BCUT2D eigenvalue weighted by molar-refractivity contribution is 0.00753. The maximum absolute atomic E-state index is 5.68. The predicted octanol–water partition coefficient (Wildman–Crippen LogP) is 2.31. The Kier molecular flexibility index (Phi) is 4.02. The van der Waals surface area contributed by atoms with Crippen LogP contribution in [0.25, 0.3) is 0 Å². The first-order valence-corrected chi connectivity index (χ1v) is 6.28. The van der Waals surface area contributed by atoms with Gasteiger partial charge in [-0.05, 0) is 30.5 Å². The van der Waals surface area contributed by atoms with Gasteiger partial charge in [-0.25, -0.2) is 0 Å². The van der Waals surface area contributed by atoms with E-state index in [2.05, 4.69) is 37.4 Å². The molecule has 0 amide bonds. The second-order valence-electron chi connectivity index (χ2n) is 4.43. The van der Waals surface area contributed by atoms with Crippen LogP contribution in [0.15, 0.2) is 18.2 Å². The van der Waals surface area contributed by atoms with Crippen molar-refractivity contribution >= 4 is 0 Å². The van der Waals surface area contributed by atoms with Gasteiger partial charge in [0, 0.05) is 6.54 Å². The third-order valence-corrected chi connectivity index (χ3v) is 3.36. The van der Waals surface area contributed by atoms with Gasteiger partial charge in [0.1, 0.15) is 5.75 Å². The molecule has 1 aromatic rings. The number of methoxy groups -OCH3 is 1. The molecule has 17 heavy (non-hydrogen) atoms. The first kappa shape index (κ1) is 12.4. The van der Waals surface area contributed by atoms with Gasteiger partial charge < -0.3 is 14.8 Å². The second-order valence-corrected chi connectivity index (χ2v) is 4.43. The van der Waals surface area contributed by atoms with Crippen LogP contribution in [0.1, 0.15) is 31.0 Å². The Balaban J connectivity index is 2.25. The smallest absolute Gasteiger partial charge is 0.122 e. The Bertz CT molecular complexity index is 378. The molecule has 94 valence electrons. The van der Waals surface area contributed by atoms with Crippen molar-refractivity contribution in [2.45, 2.75) is 32.4 Å². The van der Waals surface area contributed by atoms with Crippen molar-refractivity contribution in [3.05, 3.63) is 29.3 Å². The third-order valence-electron chi connectivity index (χ3n) is 3.36. The highest BCUT2D eigenvalue weighted by molar-refractivity contribution is 5.38. The average molecular weight is 235 g/mol. The maximum atomic E-state index is 5.68. The van der Waals surface area contributed by atoms with Crippen LogP contribution in [0.2, 0.25) is 0 Å². The standard InChI is InChI=1S/C14H21NO2/c1-4-11-9-12(5-6-13(11)16-3)14-10(2)17-8-7-15-14/h5-6,9-10,14-15H,4,7-8H2,1-3H3. The summed E-state index contributed by atoms with van der Waals surface area (Å²) in [5, 5.41) is 3.51. The molecule has 1 N–H and O–H groups in total. The summed E-state index contributed by atoms with van der Waals surface area (Å²) in [5.41, 5.74) is 2.54. The minimum Gasteiger partial charge on any atom is -0.496 e. The summed E-state index contributed by atoms with van der Waals surface area (Å²) in [6, 6.07) is 6.69. The minimum atomic E-state index is 0.224. The molecule has 0 aromatic heterocycles. The van der Waals surface area contributed by atoms with Crippen molar-refractivity contribution in [3.63, 3.8) is 0 Å². The summed E-state index contributed by atoms with van der Waals surface area (Å²) in [7, 11) is 1.72. The lowest BCUT2D eigenvalue weighted by Gasteiger charge is -2.31. The number of ether oxygens (including phenoxy) is 2. The Morgan fingerprint density at radius 3 is 2.94 bits per heavy atom. The van der Waals surface area contributed by atoms with Crippen molar-refractivity contribution in [3.8, 4) is 5.75 Å². The fraction of sp³-hybridized carbons (Fsp3) is 0.571. The van der Waals surface area contributed by atoms with E-state index in [-0.39, 0.29) is 6.10 Å². The average Bonchev–Trinajstić information content (AvgIpc) is 2.38. The van der Waals surface area contributed by atoms with Gasteiger partial charge in [-0.2, -0.15) is 0 Å². The van der Waals surface area contributed by atoms with Crippen molar-refractivity contribution in [2.75, 3.05) is 20.3 Å². The molecule has 3 heteroatoms. The summed E-state index contributed by atoms with van der Waals surface area (Å²) in [4.78, 5) is 0. The molecular formula is C14H21NO2. The molecule has 1 aliphatic heterocycles. The zero-order valence-corrected chi connectivity index (χ0v) is 10.8. The fourth-order valence-electron chi connectivity index (χ4n) is 2.38. The minimum absolute atomic E-state index is 0.224. The van der Waals surface area contributed by atoms with Crippen LogP contribution in [0.5, 0.6) is 5.75 Å². The van der Waals surface area contributed by atoms with E-state index in [1.54, 1.807) is 7.11 Å². The van der Waals surface area contributed by atoms with Crippen molar-refractivity contribution < 1.29 is 9.47 Å². The zero-order chi connectivity index (χ0) is 12.3. The first-order chi connectivity index (χ1) is 8.26. The van der Waals surface area contributed by atoms with Crippen LogP contribution < -0.4 is 10.1 Å². The predicted molar refractivity (Wildman–Crippen MR) is 68.5 cm³/mol. The van der Waals surface area contributed by atoms with E-state index >= 15 is 0 Å². The molecule has 0 spiro atoms. The van der Waals surface area contributed by atoms with Gasteiger partial charge >= 0.3 is 0 Å². The number of nitrogens with one attached hydrogen (secondary N) is 1. The SMILES string of the molecule is CCc1cc(C2NCCOC2C)ccc1OC. The molecule has 3 nitrogen and oxygen atoms in total. The number of morpholine rings is 1. The number of benzene rings is 1. The van der Waals surface area contributed by atoms with Gasteiger partial charge in [0.2, 0.25) is 0 Å². The molecule has 1 heterocycles. The van der Waals surface area contributed by atoms with Crippen LogP contribution in [-0.4, -0.2) is 26.4 Å². The molecule has 1 saturated heterocycles. The molecule has 2 unspecified atom stereocenters. The summed E-state index contributed by atoms with van der Waals surface area (Å²) < 4.78 is 11.0. The summed E-state index contributed by atoms with van der Waals surface area (Å²) in [6.07, 6.45) is 1.21. The Labute approximate surface area is 103 Å². The molecule has 1 aromatic carbocycles. The third kappa shape index (κ3) is 2.61. The number of aryl methyl sites for hydroxylation is 1. The topological polar surface area (TPSA) is 30.5 Å². The largest absolute Gasteiger partial charge is 0.496 e. The van der Waals surface area contributed by atoms with E-state index in [1.165, 1.54) is 11.1 Å². The van der Waals surface area contributed by atoms with E-state index in [1.807, 2.05) is 0 Å². The highest BCUT2D eigenvalue weighted by atomic mass is 16.5. The van der Waals surface area contributed by atoms with Gasteiger partial charge in [-0.3, -0.25) is 0 Å². The molecule has 1 fully saturated rings. The van der Waals surface area contributed by atoms with Gasteiger partial charge in [0.25, 0.3) is 0 Å². The maximum Gasteiger partial charge on any atom is 0.122 e. The first-order valence-electron chi connectivity index (χ1n) is 6.28. The van der Waals surface area contributed by atoms with Gasteiger partial charge in [0.15, 0.2) is 0 Å². The van der Waals surface area contributed by atoms with Crippen molar-refractivity contribution in [2.24, 2.45) is 0 Å². The number of rotatable bonds is 3. The number of hydrogen-bond acceptors (Lipinski definition) is 3. The van der Waals surface area contributed by atoms with Crippen LogP contribution in [0, 0.1) is 0 Å². The molecule has 2 atom stereocenters. The Hall–Kier alpha value is -1.06. The second kappa shape index (κ2) is 5.52. The van der Waals surface area contributed by atoms with E-state index in [0.29, 0.717) is 6.04 Å². The van der Waals surface area contributed by atoms with E-state index in [9.17, 15) is 0 Å². The van der Waals surface area contributed by atoms with Gasteiger partial charge in [-0.1, -0.05) is 19.1 Å². The highest BCUT2D eigenvalue weighted by Gasteiger charge is 2.23. The van der Waals surface area contributed by atoms with Gasteiger partial charge in [-0.15, -0.1) is 0 Å². The lowest BCUT2D eigenvalue weighted by Crippen LogP contribution is -2.40. The summed E-state index contributed by atoms with van der Waals surface area (Å²) >= 11 is 0. The zero-order valence-electron chi connectivity index (χ0n) is 10.8. The van der Waals surface area contributed by atoms with E-state index in [4.69, 9.17) is 9.47 Å².